The molecule has 5 aromatic rings. The zero-order valence-corrected chi connectivity index (χ0v) is 30.0. The molecule has 5 heterocycles. The van der Waals surface area contributed by atoms with Gasteiger partial charge in [-0.1, -0.05) is 65.7 Å². The van der Waals surface area contributed by atoms with Gasteiger partial charge < -0.3 is 20.5 Å². The number of aliphatic hydroxyl groups excluding tert-OH is 1. The van der Waals surface area contributed by atoms with Crippen LogP contribution in [0.15, 0.2) is 65.6 Å². The highest BCUT2D eigenvalue weighted by atomic mass is 35.5. The second-order valence-electron chi connectivity index (χ2n) is 14.2. The summed E-state index contributed by atoms with van der Waals surface area (Å²) in [5, 5.41) is 22.0. The van der Waals surface area contributed by atoms with E-state index in [0.717, 1.165) is 65.7 Å². The molecule has 1 amide bonds. The average molecular weight is 729 g/mol. The summed E-state index contributed by atoms with van der Waals surface area (Å²) in [6.45, 7) is 3.61. The second-order valence-corrected chi connectivity index (χ2v) is 14.9. The van der Waals surface area contributed by atoms with Crippen molar-refractivity contribution >= 4 is 34.6 Å². The number of ether oxygens (including phenoxy) is 1. The third kappa shape index (κ3) is 6.31. The van der Waals surface area contributed by atoms with E-state index in [9.17, 15) is 14.7 Å². The van der Waals surface area contributed by atoms with Crippen molar-refractivity contribution in [3.05, 3.63) is 92.6 Å². The molecule has 3 aliphatic rings. The minimum absolute atomic E-state index is 0.0948. The van der Waals surface area contributed by atoms with Crippen molar-refractivity contribution in [2.24, 2.45) is 12.5 Å². The summed E-state index contributed by atoms with van der Waals surface area (Å²) in [6, 6.07) is 17.4. The van der Waals surface area contributed by atoms with E-state index in [1.54, 1.807) is 23.2 Å². The third-order valence-corrected chi connectivity index (χ3v) is 11.4. The molecule has 1 saturated carbocycles. The van der Waals surface area contributed by atoms with Gasteiger partial charge >= 0.3 is 0 Å². The number of carbonyl (C=O) groups is 1. The number of nitrogens with one attached hydrogen (secondary N) is 2. The highest BCUT2D eigenvalue weighted by Gasteiger charge is 2.51. The van der Waals surface area contributed by atoms with Crippen LogP contribution in [-0.2, 0) is 24.9 Å². The number of pyridine rings is 1. The lowest BCUT2D eigenvalue weighted by atomic mass is 9.62. The number of amides is 1. The van der Waals surface area contributed by atoms with Crippen LogP contribution in [-0.4, -0.2) is 74.0 Å². The highest BCUT2D eigenvalue weighted by molar-refractivity contribution is 6.39. The Kier molecular flexibility index (Phi) is 8.88. The maximum atomic E-state index is 13.5. The van der Waals surface area contributed by atoms with Gasteiger partial charge in [0, 0.05) is 90.7 Å². The summed E-state index contributed by atoms with van der Waals surface area (Å²) in [6.07, 6.45) is 4.77. The van der Waals surface area contributed by atoms with Gasteiger partial charge in [-0.2, -0.15) is 5.10 Å². The Balaban J connectivity index is 1.04. The van der Waals surface area contributed by atoms with Crippen molar-refractivity contribution in [1.82, 2.24) is 34.7 Å². The molecule has 1 atom stereocenters. The van der Waals surface area contributed by atoms with Crippen molar-refractivity contribution in [2.45, 2.75) is 50.9 Å². The SMILES string of the molecule is COc1nc(-c2cccc(-c3cccc(-c4cc5c(=O)n(C)c(CN6CC7(CC(O)C7)C6)nn5c4)c3Cl)c2Cl)ccc1CNCC1CCC(=O)N1. The lowest BCUT2D eigenvalue weighted by Gasteiger charge is -2.57. The van der Waals surface area contributed by atoms with E-state index in [1.807, 2.05) is 60.8 Å². The first kappa shape index (κ1) is 33.9. The number of hydrogen-bond acceptors (Lipinski definition) is 8. The fraction of sp³-hybridized carbons (Fsp3) is 0.368. The number of aliphatic hydroxyl groups is 1. The van der Waals surface area contributed by atoms with Gasteiger partial charge in [-0.15, -0.1) is 0 Å². The van der Waals surface area contributed by atoms with Gasteiger partial charge in [0.05, 0.1) is 35.5 Å². The van der Waals surface area contributed by atoms with Crippen LogP contribution < -0.4 is 20.9 Å². The number of methoxy groups -OCH3 is 1. The standard InChI is InChI=1S/C38H39Cl2N7O4/c1-45-32(19-46-20-38(21-46)14-25(48)15-38)44-47-18-23(13-31(47)37(45)50)26-5-3-6-27(34(26)39)28-7-4-8-29(35(28)40)30-11-9-22(36(43-30)51-2)16-41-17-24-10-12-33(49)42-24/h3-9,11,13,18,24-25,41,48H,10,12,14-17,19-21H2,1-2H3,(H,42,49). The van der Waals surface area contributed by atoms with E-state index in [-0.39, 0.29) is 29.0 Å². The summed E-state index contributed by atoms with van der Waals surface area (Å²) in [5.41, 5.74) is 5.88. The number of hydrogen-bond donors (Lipinski definition) is 3. The molecule has 3 fully saturated rings. The Morgan fingerprint density at radius 1 is 1.02 bits per heavy atom. The van der Waals surface area contributed by atoms with Crippen LogP contribution in [0, 0.1) is 5.41 Å². The van der Waals surface area contributed by atoms with Crippen LogP contribution in [0.1, 0.15) is 37.1 Å². The molecule has 8 rings (SSSR count). The first-order valence-corrected chi connectivity index (χ1v) is 18.0. The van der Waals surface area contributed by atoms with E-state index >= 15 is 0 Å². The Bertz CT molecular complexity index is 2220. The van der Waals surface area contributed by atoms with E-state index in [1.165, 1.54) is 0 Å². The minimum Gasteiger partial charge on any atom is -0.481 e. The predicted octanol–water partition coefficient (Wildman–Crippen LogP) is 5.07. The van der Waals surface area contributed by atoms with Crippen LogP contribution in [0.2, 0.25) is 10.0 Å². The molecule has 2 saturated heterocycles. The fourth-order valence-corrected chi connectivity index (χ4v) is 8.58. The van der Waals surface area contributed by atoms with Crippen LogP contribution in [0.3, 0.4) is 0 Å². The van der Waals surface area contributed by atoms with Crippen LogP contribution in [0.5, 0.6) is 5.88 Å². The second kappa shape index (κ2) is 13.4. The molecule has 3 aromatic heterocycles. The van der Waals surface area contributed by atoms with Gasteiger partial charge in [0.1, 0.15) is 11.3 Å². The molecule has 13 heteroatoms. The van der Waals surface area contributed by atoms with Crippen molar-refractivity contribution in [1.29, 1.82) is 0 Å². The van der Waals surface area contributed by atoms with Gasteiger partial charge in [-0.05, 0) is 31.4 Å². The molecule has 0 bridgehead atoms. The molecule has 1 unspecified atom stereocenters. The van der Waals surface area contributed by atoms with Crippen molar-refractivity contribution < 1.29 is 14.6 Å². The number of rotatable bonds is 10. The average Bonchev–Trinajstić information content (AvgIpc) is 3.71. The number of aromatic nitrogens is 4. The Morgan fingerprint density at radius 2 is 1.73 bits per heavy atom. The van der Waals surface area contributed by atoms with E-state index < -0.39 is 0 Å². The number of carbonyl (C=O) groups excluding carboxylic acids is 1. The summed E-state index contributed by atoms with van der Waals surface area (Å²) >= 11 is 14.2. The maximum Gasteiger partial charge on any atom is 0.277 e. The first-order chi connectivity index (χ1) is 24.6. The molecule has 11 nitrogen and oxygen atoms in total. The van der Waals surface area contributed by atoms with Gasteiger partial charge in [0.15, 0.2) is 0 Å². The Morgan fingerprint density at radius 3 is 2.41 bits per heavy atom. The van der Waals surface area contributed by atoms with E-state index in [0.29, 0.717) is 59.0 Å². The van der Waals surface area contributed by atoms with Crippen molar-refractivity contribution in [3.63, 3.8) is 0 Å². The van der Waals surface area contributed by atoms with E-state index in [2.05, 4.69) is 15.5 Å². The molecule has 51 heavy (non-hydrogen) atoms. The number of nitrogens with zero attached hydrogens (tertiary/aromatic N) is 5. The van der Waals surface area contributed by atoms with Crippen LogP contribution in [0.25, 0.3) is 39.0 Å². The molecule has 264 valence electrons. The molecule has 1 aliphatic carbocycles. The quantitative estimate of drug-likeness (QED) is 0.182. The highest BCUT2D eigenvalue weighted by Crippen LogP contribution is 2.48. The molecular weight excluding hydrogens is 689 g/mol. The Hall–Kier alpha value is -4.26. The van der Waals surface area contributed by atoms with Crippen LogP contribution in [0.4, 0.5) is 0 Å². The lowest BCUT2D eigenvalue weighted by Crippen LogP contribution is -2.63. The number of likely N-dealkylation sites (tertiary alicyclic amines) is 1. The van der Waals surface area contributed by atoms with Gasteiger partial charge in [0.2, 0.25) is 11.8 Å². The minimum atomic E-state index is -0.179. The smallest absolute Gasteiger partial charge is 0.277 e. The molecule has 0 radical (unpaired) electrons. The fourth-order valence-electron chi connectivity index (χ4n) is 7.91. The summed E-state index contributed by atoms with van der Waals surface area (Å²) in [7, 11) is 3.35. The lowest BCUT2D eigenvalue weighted by molar-refractivity contribution is -0.131. The monoisotopic (exact) mass is 727 g/mol. The largest absolute Gasteiger partial charge is 0.481 e. The number of fused-ring (bicyclic) bond motifs is 1. The summed E-state index contributed by atoms with van der Waals surface area (Å²) in [4.78, 5) is 32.1. The zero-order chi connectivity index (χ0) is 35.4. The normalized spacial score (nSPS) is 18.6. The number of halogens is 2. The van der Waals surface area contributed by atoms with Crippen LogP contribution >= 0.6 is 23.2 Å². The van der Waals surface area contributed by atoms with Gasteiger partial charge in [0.25, 0.3) is 5.56 Å². The molecular formula is C38H39Cl2N7O4. The number of benzene rings is 2. The molecule has 2 aliphatic heterocycles. The molecule has 2 aromatic carbocycles. The third-order valence-electron chi connectivity index (χ3n) is 10.6. The molecule has 1 spiro atoms. The van der Waals surface area contributed by atoms with Crippen molar-refractivity contribution in [2.75, 3.05) is 26.7 Å². The summed E-state index contributed by atoms with van der Waals surface area (Å²) < 4.78 is 8.92. The van der Waals surface area contributed by atoms with Gasteiger partial charge in [-0.3, -0.25) is 19.1 Å². The maximum absolute atomic E-state index is 13.5. The zero-order valence-electron chi connectivity index (χ0n) is 28.5. The Labute approximate surface area is 305 Å². The molecule has 3 N–H and O–H groups in total. The van der Waals surface area contributed by atoms with E-state index in [4.69, 9.17) is 38.0 Å². The van der Waals surface area contributed by atoms with Gasteiger partial charge in [-0.25, -0.2) is 9.50 Å². The predicted molar refractivity (Wildman–Crippen MR) is 197 cm³/mol. The first-order valence-electron chi connectivity index (χ1n) is 17.2. The van der Waals surface area contributed by atoms with Crippen molar-refractivity contribution in [3.8, 4) is 39.4 Å². The summed E-state index contributed by atoms with van der Waals surface area (Å²) in [5.74, 6) is 1.27. The topological polar surface area (TPSA) is 126 Å².